The number of thiophene rings is 1. The molecule has 2 heterocycles. The van der Waals surface area contributed by atoms with E-state index in [1.165, 1.54) is 41.0 Å². The number of carbonyl (C=O) groups excluding carboxylic acids is 3. The van der Waals surface area contributed by atoms with E-state index in [1.54, 1.807) is 6.92 Å². The van der Waals surface area contributed by atoms with Crippen LogP contribution < -0.4 is 5.32 Å². The number of ether oxygens (including phenoxy) is 3. The van der Waals surface area contributed by atoms with Gasteiger partial charge in [0.15, 0.2) is 6.61 Å². The first-order valence-electron chi connectivity index (χ1n) is 11.1. The molecule has 0 bridgehead atoms. The first-order chi connectivity index (χ1) is 16.7. The van der Waals surface area contributed by atoms with Crippen molar-refractivity contribution in [2.45, 2.75) is 31.1 Å². The summed E-state index contributed by atoms with van der Waals surface area (Å²) in [4.78, 5) is 38.4. The van der Waals surface area contributed by atoms with E-state index in [0.717, 1.165) is 29.7 Å². The number of amides is 1. The zero-order valence-electron chi connectivity index (χ0n) is 19.4. The Bertz CT molecular complexity index is 1260. The van der Waals surface area contributed by atoms with Gasteiger partial charge >= 0.3 is 11.9 Å². The molecular formula is C23H26N2O8S2. The highest BCUT2D eigenvalue weighted by molar-refractivity contribution is 7.89. The fraction of sp³-hybridized carbons (Fsp3) is 0.435. The van der Waals surface area contributed by atoms with E-state index in [2.05, 4.69) is 5.32 Å². The first-order valence-corrected chi connectivity index (χ1v) is 13.4. The number of anilines is 1. The number of sulfonamides is 1. The van der Waals surface area contributed by atoms with Crippen LogP contribution in [0.3, 0.4) is 0 Å². The summed E-state index contributed by atoms with van der Waals surface area (Å²) in [5, 5.41) is 3.01. The predicted molar refractivity (Wildman–Crippen MR) is 127 cm³/mol. The van der Waals surface area contributed by atoms with E-state index in [9.17, 15) is 22.8 Å². The number of methoxy groups -OCH3 is 1. The molecule has 1 aliphatic carbocycles. The van der Waals surface area contributed by atoms with Crippen molar-refractivity contribution in [2.24, 2.45) is 0 Å². The highest BCUT2D eigenvalue weighted by Gasteiger charge is 2.30. The maximum absolute atomic E-state index is 13.0. The van der Waals surface area contributed by atoms with Crippen LogP contribution in [0.2, 0.25) is 0 Å². The van der Waals surface area contributed by atoms with Crippen LogP contribution in [-0.4, -0.2) is 70.6 Å². The minimum atomic E-state index is -3.81. The lowest BCUT2D eigenvalue weighted by molar-refractivity contribution is -0.119. The minimum Gasteiger partial charge on any atom is -0.465 e. The summed E-state index contributed by atoms with van der Waals surface area (Å²) in [6.07, 6.45) is 2.51. The molecule has 12 heteroatoms. The molecule has 0 saturated carbocycles. The Morgan fingerprint density at radius 1 is 1.14 bits per heavy atom. The van der Waals surface area contributed by atoms with Crippen LogP contribution in [-0.2, 0) is 41.9 Å². The van der Waals surface area contributed by atoms with Crippen molar-refractivity contribution in [3.63, 3.8) is 0 Å². The Labute approximate surface area is 207 Å². The summed E-state index contributed by atoms with van der Waals surface area (Å²) < 4.78 is 42.6. The van der Waals surface area contributed by atoms with E-state index < -0.39 is 34.5 Å². The zero-order valence-corrected chi connectivity index (χ0v) is 21.1. The van der Waals surface area contributed by atoms with Gasteiger partial charge < -0.3 is 19.5 Å². The molecule has 10 nitrogen and oxygen atoms in total. The van der Waals surface area contributed by atoms with Crippen LogP contribution >= 0.6 is 11.3 Å². The van der Waals surface area contributed by atoms with Crippen LogP contribution in [0.25, 0.3) is 0 Å². The molecule has 1 amide bonds. The molecule has 0 spiro atoms. The van der Waals surface area contributed by atoms with Crippen molar-refractivity contribution in [3.8, 4) is 0 Å². The van der Waals surface area contributed by atoms with Gasteiger partial charge in [-0.05, 0) is 49.4 Å². The SMILES string of the molecule is COC(=O)c1c(NC(=O)COC(=O)c2ccc(C)c(S(=O)(=O)N3CCOCC3)c2)sc2c1CCC2. The second-order valence-electron chi connectivity index (χ2n) is 8.17. The average Bonchev–Trinajstić information content (AvgIpc) is 3.43. The average molecular weight is 523 g/mol. The van der Waals surface area contributed by atoms with Crippen LogP contribution in [0, 0.1) is 6.92 Å². The molecule has 1 N–H and O–H groups in total. The van der Waals surface area contributed by atoms with Gasteiger partial charge in [0.05, 0.1) is 36.3 Å². The third-order valence-corrected chi connectivity index (χ3v) is 9.16. The monoisotopic (exact) mass is 522 g/mol. The van der Waals surface area contributed by atoms with E-state index in [1.807, 2.05) is 0 Å². The number of esters is 2. The smallest absolute Gasteiger partial charge is 0.341 e. The molecule has 2 aliphatic rings. The Kier molecular flexibility index (Phi) is 7.55. The summed E-state index contributed by atoms with van der Waals surface area (Å²) in [6.45, 7) is 2.13. The number of morpholine rings is 1. The van der Waals surface area contributed by atoms with Gasteiger partial charge in [-0.1, -0.05) is 6.07 Å². The second kappa shape index (κ2) is 10.4. The van der Waals surface area contributed by atoms with Crippen LogP contribution in [0.15, 0.2) is 23.1 Å². The van der Waals surface area contributed by atoms with Gasteiger partial charge in [0.25, 0.3) is 5.91 Å². The lowest BCUT2D eigenvalue weighted by Gasteiger charge is -2.26. The molecule has 4 rings (SSSR count). The molecular weight excluding hydrogens is 496 g/mol. The standard InChI is InChI=1S/C23H26N2O8S2/c1-14-6-7-15(12-18(14)35(29,30)25-8-10-32-11-9-25)22(27)33-13-19(26)24-21-20(23(28)31-2)16-4-3-5-17(16)34-21/h6-7,12H,3-5,8-11,13H2,1-2H3,(H,24,26). The largest absolute Gasteiger partial charge is 0.465 e. The summed E-state index contributed by atoms with van der Waals surface area (Å²) in [6, 6.07) is 4.24. The number of hydrogen-bond acceptors (Lipinski definition) is 9. The van der Waals surface area contributed by atoms with E-state index in [4.69, 9.17) is 14.2 Å². The second-order valence-corrected chi connectivity index (χ2v) is 11.2. The number of rotatable bonds is 7. The summed E-state index contributed by atoms with van der Waals surface area (Å²) >= 11 is 1.32. The number of carbonyl (C=O) groups is 3. The molecule has 0 atom stereocenters. The van der Waals surface area contributed by atoms with Gasteiger partial charge in [-0.15, -0.1) is 11.3 Å². The zero-order chi connectivity index (χ0) is 25.2. The fourth-order valence-electron chi connectivity index (χ4n) is 4.12. The number of nitrogens with one attached hydrogen (secondary N) is 1. The summed E-state index contributed by atoms with van der Waals surface area (Å²) in [5.74, 6) is -1.97. The maximum Gasteiger partial charge on any atom is 0.341 e. The third kappa shape index (κ3) is 5.25. The Hall–Kier alpha value is -2.80. The van der Waals surface area contributed by atoms with Gasteiger partial charge in [-0.25, -0.2) is 18.0 Å². The van der Waals surface area contributed by atoms with Crippen molar-refractivity contribution in [1.29, 1.82) is 0 Å². The normalized spacial score (nSPS) is 15.9. The van der Waals surface area contributed by atoms with E-state index >= 15 is 0 Å². The first kappa shape index (κ1) is 25.3. The molecule has 1 saturated heterocycles. The molecule has 0 radical (unpaired) electrons. The molecule has 1 aliphatic heterocycles. The third-order valence-electron chi connectivity index (χ3n) is 5.91. The predicted octanol–water partition coefficient (Wildman–Crippen LogP) is 2.15. The number of aryl methyl sites for hydroxylation is 2. The van der Waals surface area contributed by atoms with E-state index in [0.29, 0.717) is 29.3 Å². The van der Waals surface area contributed by atoms with Gasteiger partial charge in [-0.3, -0.25) is 4.79 Å². The highest BCUT2D eigenvalue weighted by atomic mass is 32.2. The van der Waals surface area contributed by atoms with Crippen molar-refractivity contribution in [1.82, 2.24) is 4.31 Å². The molecule has 1 aromatic carbocycles. The number of nitrogens with zero attached hydrogens (tertiary/aromatic N) is 1. The molecule has 1 aromatic heterocycles. The fourth-order valence-corrected chi connectivity index (χ4v) is 7.07. The molecule has 1 fully saturated rings. The van der Waals surface area contributed by atoms with Crippen LogP contribution in [0.4, 0.5) is 5.00 Å². The van der Waals surface area contributed by atoms with Gasteiger partial charge in [0.1, 0.15) is 5.00 Å². The highest BCUT2D eigenvalue weighted by Crippen LogP contribution is 2.39. The van der Waals surface area contributed by atoms with Crippen molar-refractivity contribution >= 4 is 44.2 Å². The number of fused-ring (bicyclic) bond motifs is 1. The van der Waals surface area contributed by atoms with Crippen molar-refractivity contribution in [2.75, 3.05) is 45.3 Å². The van der Waals surface area contributed by atoms with Crippen molar-refractivity contribution < 1.29 is 37.0 Å². The summed E-state index contributed by atoms with van der Waals surface area (Å²) in [5.41, 5.74) is 1.75. The topological polar surface area (TPSA) is 128 Å². The maximum atomic E-state index is 13.0. The summed E-state index contributed by atoms with van der Waals surface area (Å²) in [7, 11) is -2.53. The Balaban J connectivity index is 1.44. The Morgan fingerprint density at radius 2 is 1.89 bits per heavy atom. The van der Waals surface area contributed by atoms with Crippen LogP contribution in [0.5, 0.6) is 0 Å². The van der Waals surface area contributed by atoms with Gasteiger partial charge in [0, 0.05) is 18.0 Å². The van der Waals surface area contributed by atoms with Gasteiger partial charge in [-0.2, -0.15) is 4.31 Å². The molecule has 35 heavy (non-hydrogen) atoms. The molecule has 188 valence electrons. The number of benzene rings is 1. The quantitative estimate of drug-likeness (QED) is 0.548. The lowest BCUT2D eigenvalue weighted by Crippen LogP contribution is -2.40. The Morgan fingerprint density at radius 3 is 2.60 bits per heavy atom. The van der Waals surface area contributed by atoms with Crippen molar-refractivity contribution in [3.05, 3.63) is 45.3 Å². The van der Waals surface area contributed by atoms with Gasteiger partial charge in [0.2, 0.25) is 10.0 Å². The van der Waals surface area contributed by atoms with Crippen LogP contribution in [0.1, 0.15) is 43.1 Å². The number of hydrogen-bond donors (Lipinski definition) is 1. The van der Waals surface area contributed by atoms with E-state index in [-0.39, 0.29) is 23.5 Å². The minimum absolute atomic E-state index is 0.00845. The molecule has 2 aromatic rings. The lowest BCUT2D eigenvalue weighted by atomic mass is 10.1. The molecule has 0 unspecified atom stereocenters.